The number of hydrogen-bond acceptors (Lipinski definition) is 0. The molecule has 32 heavy (non-hydrogen) atoms. The van der Waals surface area contributed by atoms with Crippen LogP contribution in [0.5, 0.6) is 0 Å². The Morgan fingerprint density at radius 1 is 0.781 bits per heavy atom. The summed E-state index contributed by atoms with van der Waals surface area (Å²) in [5.41, 5.74) is 5.49. The molecule has 0 N–H and O–H groups in total. The average molecular weight is 537 g/mol. The molecule has 0 bridgehead atoms. The van der Waals surface area contributed by atoms with Crippen LogP contribution in [0.4, 0.5) is 0 Å². The SMILES string of the molecule is Cc1ccccc1[C](=[Zr+2])c1ccccc1C.[C-]1=CC=CC1.[Cl-].[Cl-].c1ccc2[cH-]ccc2c1. The van der Waals surface area contributed by atoms with Crippen LogP contribution in [0.2, 0.25) is 0 Å². The van der Waals surface area contributed by atoms with E-state index < -0.39 is 0 Å². The molecule has 4 aromatic rings. The van der Waals surface area contributed by atoms with Crippen molar-refractivity contribution in [2.75, 3.05) is 0 Å². The van der Waals surface area contributed by atoms with Gasteiger partial charge in [0.2, 0.25) is 0 Å². The van der Waals surface area contributed by atoms with Gasteiger partial charge in [0.25, 0.3) is 0 Å². The fraction of sp³-hybridized carbons (Fsp3) is 0.103. The summed E-state index contributed by atoms with van der Waals surface area (Å²) >= 11 is 1.47. The van der Waals surface area contributed by atoms with Crippen molar-refractivity contribution in [1.82, 2.24) is 0 Å². The van der Waals surface area contributed by atoms with Gasteiger partial charge in [-0.05, 0) is 0 Å². The summed E-state index contributed by atoms with van der Waals surface area (Å²) < 4.78 is 1.45. The predicted octanol–water partition coefficient (Wildman–Crippen LogP) is 1.29. The number of hydrogen-bond donors (Lipinski definition) is 0. The molecule has 1 aliphatic rings. The Balaban J connectivity index is 0.000000269. The average Bonchev–Trinajstić information content (AvgIpc) is 3.49. The molecule has 0 spiro atoms. The Morgan fingerprint density at radius 3 is 1.81 bits per heavy atom. The first-order valence-corrected chi connectivity index (χ1v) is 11.4. The van der Waals surface area contributed by atoms with Crippen LogP contribution < -0.4 is 24.8 Å². The molecular weight excluding hydrogens is 510 g/mol. The van der Waals surface area contributed by atoms with Crippen molar-refractivity contribution < 1.29 is 49.0 Å². The maximum absolute atomic E-state index is 2.99. The van der Waals surface area contributed by atoms with E-state index in [2.05, 4.69) is 117 Å². The fourth-order valence-electron chi connectivity index (χ4n) is 3.26. The minimum atomic E-state index is 0. The predicted molar refractivity (Wildman–Crippen MR) is 127 cm³/mol. The van der Waals surface area contributed by atoms with Crippen LogP contribution >= 0.6 is 0 Å². The van der Waals surface area contributed by atoms with Crippen LogP contribution in [0.15, 0.2) is 109 Å². The van der Waals surface area contributed by atoms with Crippen molar-refractivity contribution in [2.45, 2.75) is 20.3 Å². The molecule has 0 atom stereocenters. The molecule has 0 amide bonds. The van der Waals surface area contributed by atoms with Gasteiger partial charge in [-0.15, -0.1) is 36.1 Å². The van der Waals surface area contributed by atoms with E-state index in [1.165, 1.54) is 60.5 Å². The molecule has 0 unspecified atom stereocenters. The minimum absolute atomic E-state index is 0. The molecule has 4 aromatic carbocycles. The van der Waals surface area contributed by atoms with Crippen LogP contribution in [0, 0.1) is 19.9 Å². The minimum Gasteiger partial charge on any atom is -1.00 e. The van der Waals surface area contributed by atoms with Crippen LogP contribution in [-0.4, -0.2) is 3.21 Å². The normalized spacial score (nSPS) is 10.8. The second kappa shape index (κ2) is 15.0. The zero-order valence-electron chi connectivity index (χ0n) is 18.4. The summed E-state index contributed by atoms with van der Waals surface area (Å²) in [5, 5.41) is 2.66. The number of rotatable bonds is 2. The van der Waals surface area contributed by atoms with E-state index in [-0.39, 0.29) is 24.8 Å². The van der Waals surface area contributed by atoms with E-state index in [1.807, 2.05) is 12.2 Å². The van der Waals surface area contributed by atoms with Crippen LogP contribution in [-0.2, 0) is 24.2 Å². The van der Waals surface area contributed by atoms with Crippen LogP contribution in [0.25, 0.3) is 10.8 Å². The van der Waals surface area contributed by atoms with Crippen molar-refractivity contribution in [3.05, 3.63) is 138 Å². The summed E-state index contributed by atoms with van der Waals surface area (Å²) in [7, 11) is 0. The molecule has 0 saturated heterocycles. The van der Waals surface area contributed by atoms with Gasteiger partial charge >= 0.3 is 112 Å². The molecule has 0 nitrogen and oxygen atoms in total. The van der Waals surface area contributed by atoms with Gasteiger partial charge in [-0.1, -0.05) is 6.07 Å². The van der Waals surface area contributed by atoms with Crippen molar-refractivity contribution >= 4 is 14.0 Å². The Bertz CT molecular complexity index is 1080. The third-order valence-electron chi connectivity index (χ3n) is 4.96. The van der Waals surface area contributed by atoms with E-state index in [9.17, 15) is 0 Å². The van der Waals surface area contributed by atoms with Gasteiger partial charge < -0.3 is 24.8 Å². The van der Waals surface area contributed by atoms with Gasteiger partial charge in [-0.2, -0.15) is 23.6 Å². The molecule has 0 fully saturated rings. The topological polar surface area (TPSA) is 0 Å². The van der Waals surface area contributed by atoms with Gasteiger partial charge in [0.1, 0.15) is 0 Å². The summed E-state index contributed by atoms with van der Waals surface area (Å²) in [6.45, 7) is 4.36. The molecule has 3 heteroatoms. The zero-order chi connectivity index (χ0) is 21.2. The summed E-state index contributed by atoms with van der Waals surface area (Å²) in [5.74, 6) is 0. The maximum Gasteiger partial charge on any atom is -0.0809 e. The first-order valence-electron chi connectivity index (χ1n) is 10.2. The standard InChI is InChI=1S/C15H14.C9H7.C5H5.2ClH.Zr/c1-12-7-3-5-9-14(12)11-15-10-6-4-8-13(15)2;1-2-5-9-7-3-6-8(9)4-1;1-2-4-5-3-1;;;/h3-10H,1-2H3;1-7H;1-3H,4H2;2*1H;/q;2*-1;;;+2/p-2. The molecular formula is C29H26Cl2Zr-2. The Kier molecular flexibility index (Phi) is 13.2. The molecule has 0 radical (unpaired) electrons. The summed E-state index contributed by atoms with van der Waals surface area (Å²) in [4.78, 5) is 0. The van der Waals surface area contributed by atoms with Gasteiger partial charge in [0, 0.05) is 0 Å². The first kappa shape index (κ1) is 28.1. The summed E-state index contributed by atoms with van der Waals surface area (Å²) in [6.07, 6.45) is 10.0. The zero-order valence-corrected chi connectivity index (χ0v) is 22.3. The molecule has 0 aliphatic heterocycles. The van der Waals surface area contributed by atoms with E-state index in [1.54, 1.807) is 0 Å². The molecule has 162 valence electrons. The quantitative estimate of drug-likeness (QED) is 0.339. The molecule has 0 heterocycles. The van der Waals surface area contributed by atoms with Gasteiger partial charge in [-0.25, -0.2) is 12.2 Å². The number of halogens is 2. The Morgan fingerprint density at radius 2 is 1.34 bits per heavy atom. The second-order valence-corrected chi connectivity index (χ2v) is 8.39. The fourth-order valence-corrected chi connectivity index (χ4v) is 4.64. The van der Waals surface area contributed by atoms with Crippen molar-refractivity contribution in [3.63, 3.8) is 0 Å². The second-order valence-electron chi connectivity index (χ2n) is 7.16. The first-order chi connectivity index (χ1) is 14.7. The van der Waals surface area contributed by atoms with E-state index in [4.69, 9.17) is 0 Å². The van der Waals surface area contributed by atoms with Gasteiger partial charge in [0.05, 0.1) is 0 Å². The van der Waals surface area contributed by atoms with Gasteiger partial charge in [0.15, 0.2) is 0 Å². The van der Waals surface area contributed by atoms with Crippen LogP contribution in [0.1, 0.15) is 28.7 Å². The monoisotopic (exact) mass is 534 g/mol. The van der Waals surface area contributed by atoms with Crippen molar-refractivity contribution in [1.29, 1.82) is 0 Å². The third-order valence-corrected chi connectivity index (χ3v) is 6.29. The van der Waals surface area contributed by atoms with E-state index in [0.717, 1.165) is 6.42 Å². The molecule has 1 aliphatic carbocycles. The van der Waals surface area contributed by atoms with E-state index >= 15 is 0 Å². The molecule has 0 aromatic heterocycles. The van der Waals surface area contributed by atoms with Crippen molar-refractivity contribution in [3.8, 4) is 0 Å². The number of aryl methyl sites for hydroxylation is 2. The summed E-state index contributed by atoms with van der Waals surface area (Å²) in [6, 6.07) is 31.9. The third kappa shape index (κ3) is 8.21. The largest absolute Gasteiger partial charge is 1.00 e. The number of fused-ring (bicyclic) bond motifs is 1. The van der Waals surface area contributed by atoms with Crippen LogP contribution in [0.3, 0.4) is 0 Å². The molecule has 5 rings (SSSR count). The Labute approximate surface area is 219 Å². The molecule has 0 saturated carbocycles. The smallest absolute Gasteiger partial charge is 0.0809 e. The van der Waals surface area contributed by atoms with Gasteiger partial charge in [-0.3, -0.25) is 6.08 Å². The maximum atomic E-state index is 2.99. The Hall–Kier alpha value is -1.92. The number of benzene rings is 3. The number of allylic oxidation sites excluding steroid dienone is 4. The van der Waals surface area contributed by atoms with Crippen molar-refractivity contribution in [2.24, 2.45) is 0 Å². The van der Waals surface area contributed by atoms with E-state index in [0.29, 0.717) is 0 Å².